The van der Waals surface area contributed by atoms with Gasteiger partial charge in [0.1, 0.15) is 0 Å². The zero-order valence-electron chi connectivity index (χ0n) is 17.3. The zero-order valence-corrected chi connectivity index (χ0v) is 17.3. The Hall–Kier alpha value is -0.875. The summed E-state index contributed by atoms with van der Waals surface area (Å²) in [5.41, 5.74) is 0.0793. The summed E-state index contributed by atoms with van der Waals surface area (Å²) < 4.78 is 12.7. The molecule has 0 aromatic carbocycles. The van der Waals surface area contributed by atoms with E-state index in [9.17, 15) is 9.59 Å². The predicted octanol–water partition coefficient (Wildman–Crippen LogP) is 3.22. The van der Waals surface area contributed by atoms with Crippen molar-refractivity contribution in [3.8, 4) is 0 Å². The molecule has 1 heterocycles. The molecule has 3 aliphatic carbocycles. The van der Waals surface area contributed by atoms with E-state index in [-0.39, 0.29) is 42.2 Å². The molecule has 5 nitrogen and oxygen atoms in total. The maximum absolute atomic E-state index is 12.5. The molecule has 1 saturated heterocycles. The van der Waals surface area contributed by atoms with Crippen LogP contribution in [0.3, 0.4) is 0 Å². The predicted molar refractivity (Wildman–Crippen MR) is 102 cm³/mol. The molecule has 4 aliphatic rings. The Morgan fingerprint density at radius 1 is 1.15 bits per heavy atom. The minimum Gasteiger partial charge on any atom is -0.405 e. The average molecular weight is 363 g/mol. The second-order valence-electron chi connectivity index (χ2n) is 9.87. The SMILES string of the molecule is CC(C)C(=O)NC(C)C(=O)C[C@@H](C)B1O[C@@H]2C[C@@H]3C[C@@H](C3(C)C)[C@]2(C)O1. The third kappa shape index (κ3) is 3.13. The van der Waals surface area contributed by atoms with Gasteiger partial charge in [0.15, 0.2) is 5.78 Å². The van der Waals surface area contributed by atoms with Gasteiger partial charge in [0, 0.05) is 12.3 Å². The first-order valence-electron chi connectivity index (χ1n) is 10.1. The number of ketones is 1. The highest BCUT2D eigenvalue weighted by Gasteiger charge is 2.68. The van der Waals surface area contributed by atoms with E-state index < -0.39 is 6.04 Å². The molecule has 4 rings (SSSR count). The van der Waals surface area contributed by atoms with Crippen molar-refractivity contribution in [2.24, 2.45) is 23.2 Å². The number of hydrogen-bond donors (Lipinski definition) is 1. The molecular weight excluding hydrogens is 329 g/mol. The summed E-state index contributed by atoms with van der Waals surface area (Å²) in [6.45, 7) is 14.3. The third-order valence-electron chi connectivity index (χ3n) is 7.32. The Balaban J connectivity index is 1.57. The topological polar surface area (TPSA) is 64.6 Å². The fourth-order valence-corrected chi connectivity index (χ4v) is 5.20. The summed E-state index contributed by atoms with van der Waals surface area (Å²) >= 11 is 0. The molecule has 2 bridgehead atoms. The van der Waals surface area contributed by atoms with Crippen molar-refractivity contribution < 1.29 is 18.9 Å². The summed E-state index contributed by atoms with van der Waals surface area (Å²) in [5.74, 6) is 1.04. The van der Waals surface area contributed by atoms with Crippen molar-refractivity contribution in [3.63, 3.8) is 0 Å². The van der Waals surface area contributed by atoms with Crippen LogP contribution in [0.15, 0.2) is 0 Å². The first-order chi connectivity index (χ1) is 12.0. The smallest absolute Gasteiger partial charge is 0.405 e. The van der Waals surface area contributed by atoms with Crippen molar-refractivity contribution >= 4 is 18.8 Å². The summed E-state index contributed by atoms with van der Waals surface area (Å²) in [6, 6.07) is -0.474. The summed E-state index contributed by atoms with van der Waals surface area (Å²) in [7, 11) is -0.336. The second-order valence-corrected chi connectivity index (χ2v) is 9.87. The van der Waals surface area contributed by atoms with Gasteiger partial charge in [0.05, 0.1) is 17.7 Å². The minimum atomic E-state index is -0.474. The molecule has 0 aromatic rings. The molecule has 0 spiro atoms. The Bertz CT molecular complexity index is 592. The zero-order chi connectivity index (χ0) is 19.4. The largest absolute Gasteiger partial charge is 0.461 e. The first kappa shape index (κ1) is 19.9. The van der Waals surface area contributed by atoms with Gasteiger partial charge in [0.25, 0.3) is 0 Å². The minimum absolute atomic E-state index is 0.0244. The number of hydrogen-bond acceptors (Lipinski definition) is 4. The molecule has 3 saturated carbocycles. The van der Waals surface area contributed by atoms with Crippen LogP contribution < -0.4 is 5.32 Å². The van der Waals surface area contributed by atoms with Crippen molar-refractivity contribution in [1.82, 2.24) is 5.32 Å². The van der Waals surface area contributed by atoms with Gasteiger partial charge in [-0.25, -0.2) is 0 Å². The van der Waals surface area contributed by atoms with Crippen LogP contribution in [-0.2, 0) is 18.9 Å². The van der Waals surface area contributed by atoms with E-state index >= 15 is 0 Å². The molecule has 6 heteroatoms. The van der Waals surface area contributed by atoms with Crippen LogP contribution >= 0.6 is 0 Å². The van der Waals surface area contributed by atoms with Crippen LogP contribution in [0.5, 0.6) is 0 Å². The molecule has 1 amide bonds. The molecular formula is C20H34BNO4. The second kappa shape index (κ2) is 6.63. The highest BCUT2D eigenvalue weighted by atomic mass is 16.7. The van der Waals surface area contributed by atoms with Gasteiger partial charge < -0.3 is 14.6 Å². The standard InChI is InChI=1S/C20H34BNO4/c1-11(2)18(24)22-13(4)15(23)8-12(3)21-25-17-10-14-9-16(19(14,5)6)20(17,7)26-21/h11-14,16-17H,8-10H2,1-7H3,(H,22,24)/t12-,13?,14+,16+,17-,20+/m1/s1. The Kier molecular flexibility index (Phi) is 5.07. The van der Waals surface area contributed by atoms with Crippen LogP contribution in [-0.4, -0.2) is 36.6 Å². The van der Waals surface area contributed by atoms with E-state index in [0.29, 0.717) is 17.8 Å². The summed E-state index contributed by atoms with van der Waals surface area (Å²) in [6.07, 6.45) is 2.77. The first-order valence-corrected chi connectivity index (χ1v) is 10.1. The third-order valence-corrected chi connectivity index (χ3v) is 7.32. The molecule has 146 valence electrons. The lowest BCUT2D eigenvalue weighted by molar-refractivity contribution is -0.199. The molecule has 6 atom stereocenters. The van der Waals surface area contributed by atoms with Crippen molar-refractivity contribution in [2.45, 2.75) is 91.3 Å². The van der Waals surface area contributed by atoms with Crippen molar-refractivity contribution in [3.05, 3.63) is 0 Å². The fourth-order valence-electron chi connectivity index (χ4n) is 5.20. The molecule has 0 radical (unpaired) electrons. The van der Waals surface area contributed by atoms with E-state index in [4.69, 9.17) is 9.31 Å². The number of carbonyl (C=O) groups excluding carboxylic acids is 2. The van der Waals surface area contributed by atoms with Gasteiger partial charge in [-0.05, 0) is 49.8 Å². The number of nitrogens with one attached hydrogen (secondary N) is 1. The lowest BCUT2D eigenvalue weighted by atomic mass is 9.43. The Morgan fingerprint density at radius 2 is 1.81 bits per heavy atom. The van der Waals surface area contributed by atoms with Crippen LogP contribution in [0.1, 0.15) is 67.7 Å². The van der Waals surface area contributed by atoms with E-state index in [0.717, 1.165) is 12.3 Å². The molecule has 0 aromatic heterocycles. The lowest BCUT2D eigenvalue weighted by Gasteiger charge is -2.64. The normalized spacial score (nSPS) is 36.9. The quantitative estimate of drug-likeness (QED) is 0.736. The van der Waals surface area contributed by atoms with Gasteiger partial charge in [-0.15, -0.1) is 0 Å². The van der Waals surface area contributed by atoms with E-state index in [1.54, 1.807) is 6.92 Å². The van der Waals surface area contributed by atoms with Crippen molar-refractivity contribution in [1.29, 1.82) is 0 Å². The molecule has 4 fully saturated rings. The molecule has 1 N–H and O–H groups in total. The number of amides is 1. The summed E-state index contributed by atoms with van der Waals surface area (Å²) in [5, 5.41) is 2.79. The number of rotatable bonds is 6. The van der Waals surface area contributed by atoms with Crippen molar-refractivity contribution in [2.75, 3.05) is 0 Å². The highest BCUT2D eigenvalue weighted by molar-refractivity contribution is 6.47. The van der Waals surface area contributed by atoms with Crippen LogP contribution in [0.4, 0.5) is 0 Å². The number of carbonyl (C=O) groups is 2. The molecule has 1 aliphatic heterocycles. The van der Waals surface area contributed by atoms with E-state index in [1.807, 2.05) is 20.8 Å². The van der Waals surface area contributed by atoms with Crippen LogP contribution in [0, 0.1) is 23.2 Å². The van der Waals surface area contributed by atoms with Gasteiger partial charge in [-0.1, -0.05) is 34.6 Å². The van der Waals surface area contributed by atoms with Gasteiger partial charge in [-0.3, -0.25) is 9.59 Å². The number of Topliss-reactive ketones (excluding diaryl/α,β-unsaturated/α-hetero) is 1. The van der Waals surface area contributed by atoms with E-state index in [1.165, 1.54) is 6.42 Å². The maximum Gasteiger partial charge on any atom is 0.461 e. The average Bonchev–Trinajstić information content (AvgIpc) is 2.91. The Labute approximate surface area is 158 Å². The highest BCUT2D eigenvalue weighted by Crippen LogP contribution is 2.66. The van der Waals surface area contributed by atoms with Crippen LogP contribution in [0.2, 0.25) is 5.82 Å². The fraction of sp³-hybridized carbons (Fsp3) is 0.900. The summed E-state index contributed by atoms with van der Waals surface area (Å²) in [4.78, 5) is 24.3. The molecule has 26 heavy (non-hydrogen) atoms. The maximum atomic E-state index is 12.5. The van der Waals surface area contributed by atoms with E-state index in [2.05, 4.69) is 26.1 Å². The van der Waals surface area contributed by atoms with Gasteiger partial charge in [0.2, 0.25) is 5.91 Å². The Morgan fingerprint density at radius 3 is 2.38 bits per heavy atom. The molecule has 1 unspecified atom stereocenters. The lowest BCUT2D eigenvalue weighted by Crippen LogP contribution is -2.65. The monoisotopic (exact) mass is 363 g/mol. The van der Waals surface area contributed by atoms with Gasteiger partial charge >= 0.3 is 7.12 Å². The van der Waals surface area contributed by atoms with Gasteiger partial charge in [-0.2, -0.15) is 0 Å². The van der Waals surface area contributed by atoms with Crippen LogP contribution in [0.25, 0.3) is 0 Å².